The lowest BCUT2D eigenvalue weighted by Gasteiger charge is -2.20. The van der Waals surface area contributed by atoms with E-state index in [1.165, 1.54) is 26.4 Å². The fourth-order valence-electron chi connectivity index (χ4n) is 3.84. The van der Waals surface area contributed by atoms with Gasteiger partial charge in [0, 0.05) is 18.1 Å². The van der Waals surface area contributed by atoms with Crippen molar-refractivity contribution in [3.8, 4) is 29.1 Å². The molecule has 0 amide bonds. The quantitative estimate of drug-likeness (QED) is 0.0649. The zero-order valence-electron chi connectivity index (χ0n) is 26.4. The van der Waals surface area contributed by atoms with Crippen molar-refractivity contribution in [3.63, 3.8) is 0 Å². The summed E-state index contributed by atoms with van der Waals surface area (Å²) in [5.74, 6) is 0.0505. The number of aromatic nitrogens is 4. The molecule has 1 N–H and O–H groups in total. The molecule has 250 valence electrons. The van der Waals surface area contributed by atoms with E-state index in [1.54, 1.807) is 48.8 Å². The van der Waals surface area contributed by atoms with Crippen LogP contribution >= 0.6 is 27.7 Å². The van der Waals surface area contributed by atoms with E-state index in [9.17, 15) is 13.2 Å². The number of rotatable bonds is 15. The molecular formula is C31H34BrN5O8S2. The first-order valence-corrected chi connectivity index (χ1v) is 17.4. The number of methoxy groups -OCH3 is 2. The highest BCUT2D eigenvalue weighted by atomic mass is 79.9. The van der Waals surface area contributed by atoms with Crippen molar-refractivity contribution in [1.82, 2.24) is 19.9 Å². The van der Waals surface area contributed by atoms with Gasteiger partial charge in [0.05, 0.1) is 30.0 Å². The van der Waals surface area contributed by atoms with E-state index in [2.05, 4.69) is 40.6 Å². The molecule has 47 heavy (non-hydrogen) atoms. The van der Waals surface area contributed by atoms with Gasteiger partial charge in [-0.15, -0.1) is 0 Å². The van der Waals surface area contributed by atoms with Crippen LogP contribution in [-0.2, 0) is 25.0 Å². The molecule has 0 aliphatic carbocycles. The number of benzene rings is 2. The van der Waals surface area contributed by atoms with Crippen LogP contribution in [0.15, 0.2) is 75.4 Å². The zero-order valence-corrected chi connectivity index (χ0v) is 29.6. The standard InChI is InChI=1S/C31H34BrN5O8S2/c1-31(2,3)20-10-12-22(13-11-20)47(39,40)37-27-26(45-24-9-7-6-8-23(24)41-4)28(36-30(35-27)46-17-14-25(38)42-5)43-15-16-44-29-33-18-21(32)19-34-29/h6-13,18-19H,14-17H2,1-5H3,(H,35,36,37). The molecule has 4 aromatic rings. The van der Waals surface area contributed by atoms with Gasteiger partial charge < -0.3 is 23.7 Å². The largest absolute Gasteiger partial charge is 0.493 e. The summed E-state index contributed by atoms with van der Waals surface area (Å²) < 4.78 is 58.6. The Hall–Kier alpha value is -4.15. The lowest BCUT2D eigenvalue weighted by atomic mass is 9.87. The summed E-state index contributed by atoms with van der Waals surface area (Å²) in [4.78, 5) is 28.8. The molecule has 0 bridgehead atoms. The van der Waals surface area contributed by atoms with Crippen molar-refractivity contribution in [3.05, 3.63) is 71.0 Å². The van der Waals surface area contributed by atoms with Crippen LogP contribution in [0.4, 0.5) is 5.82 Å². The second-order valence-electron chi connectivity index (χ2n) is 10.7. The van der Waals surface area contributed by atoms with E-state index >= 15 is 0 Å². The number of carbonyl (C=O) groups is 1. The van der Waals surface area contributed by atoms with E-state index in [4.69, 9.17) is 23.7 Å². The Balaban J connectivity index is 1.72. The Morgan fingerprint density at radius 2 is 1.60 bits per heavy atom. The van der Waals surface area contributed by atoms with Gasteiger partial charge in [-0.2, -0.15) is 4.98 Å². The number of ether oxygens (including phenoxy) is 5. The van der Waals surface area contributed by atoms with Crippen LogP contribution in [0.25, 0.3) is 0 Å². The number of thioether (sulfide) groups is 1. The Morgan fingerprint density at radius 1 is 0.936 bits per heavy atom. The van der Waals surface area contributed by atoms with Crippen molar-refractivity contribution in [2.24, 2.45) is 0 Å². The van der Waals surface area contributed by atoms with E-state index < -0.39 is 16.0 Å². The number of nitrogens with zero attached hydrogens (tertiary/aromatic N) is 4. The molecule has 0 unspecified atom stereocenters. The smallest absolute Gasteiger partial charge is 0.316 e. The number of carbonyl (C=O) groups excluding carboxylic acids is 1. The number of halogens is 1. The summed E-state index contributed by atoms with van der Waals surface area (Å²) in [6.07, 6.45) is 3.15. The van der Waals surface area contributed by atoms with Gasteiger partial charge in [-0.3, -0.25) is 9.52 Å². The topological polar surface area (TPSA) is 161 Å². The maximum atomic E-state index is 13.7. The van der Waals surface area contributed by atoms with Gasteiger partial charge in [0.25, 0.3) is 15.9 Å². The summed E-state index contributed by atoms with van der Waals surface area (Å²) in [5.41, 5.74) is 0.794. The number of hydrogen-bond donors (Lipinski definition) is 1. The second kappa shape index (κ2) is 16.1. The summed E-state index contributed by atoms with van der Waals surface area (Å²) in [6, 6.07) is 13.5. The first kappa shape index (κ1) is 35.7. The first-order chi connectivity index (χ1) is 22.4. The third kappa shape index (κ3) is 10.2. The Bertz CT molecular complexity index is 1770. The van der Waals surface area contributed by atoms with Crippen LogP contribution < -0.4 is 23.7 Å². The summed E-state index contributed by atoms with van der Waals surface area (Å²) in [7, 11) is -1.41. The fraction of sp³-hybridized carbons (Fsp3) is 0.323. The fourth-order valence-corrected chi connectivity index (χ4v) is 5.81. The number of hydrogen-bond acceptors (Lipinski definition) is 13. The Labute approximate surface area is 286 Å². The Kier molecular flexibility index (Phi) is 12.2. The molecular weight excluding hydrogens is 714 g/mol. The number of para-hydroxylation sites is 2. The van der Waals surface area contributed by atoms with Crippen LogP contribution in [0.2, 0.25) is 0 Å². The van der Waals surface area contributed by atoms with Gasteiger partial charge in [0.1, 0.15) is 13.2 Å². The highest BCUT2D eigenvalue weighted by Gasteiger charge is 2.26. The number of nitrogens with one attached hydrogen (secondary N) is 1. The van der Waals surface area contributed by atoms with Crippen LogP contribution in [-0.4, -0.2) is 67.5 Å². The SMILES string of the molecule is COC(=O)CCSc1nc(NS(=O)(=O)c2ccc(C(C)(C)C)cc2)c(Oc2ccccc2OC)c(OCCOc2ncc(Br)cn2)n1. The Morgan fingerprint density at radius 3 is 2.23 bits per heavy atom. The van der Waals surface area contributed by atoms with Crippen molar-refractivity contribution < 1.29 is 36.9 Å². The van der Waals surface area contributed by atoms with Crippen molar-refractivity contribution in [2.45, 2.75) is 42.7 Å². The summed E-state index contributed by atoms with van der Waals surface area (Å²) >= 11 is 4.38. The van der Waals surface area contributed by atoms with Gasteiger partial charge in [-0.05, 0) is 51.2 Å². The zero-order chi connectivity index (χ0) is 34.0. The van der Waals surface area contributed by atoms with Crippen LogP contribution in [0, 0.1) is 0 Å². The maximum Gasteiger partial charge on any atom is 0.316 e. The van der Waals surface area contributed by atoms with Crippen molar-refractivity contribution >= 4 is 49.5 Å². The molecule has 0 saturated heterocycles. The third-order valence-electron chi connectivity index (χ3n) is 6.27. The van der Waals surface area contributed by atoms with Gasteiger partial charge in [0.15, 0.2) is 22.5 Å². The molecule has 13 nitrogen and oxygen atoms in total. The van der Waals surface area contributed by atoms with E-state index in [-0.39, 0.29) is 70.1 Å². The molecule has 2 heterocycles. The lowest BCUT2D eigenvalue weighted by Crippen LogP contribution is -2.18. The molecule has 0 atom stereocenters. The molecule has 0 aliphatic rings. The third-order valence-corrected chi connectivity index (χ3v) is 8.89. The average molecular weight is 749 g/mol. The molecule has 4 rings (SSSR count). The minimum Gasteiger partial charge on any atom is -0.493 e. The minimum absolute atomic E-state index is 0.0117. The van der Waals surface area contributed by atoms with Crippen LogP contribution in [0.3, 0.4) is 0 Å². The van der Waals surface area contributed by atoms with Gasteiger partial charge in [-0.1, -0.05) is 56.8 Å². The molecule has 0 aliphatic heterocycles. The highest BCUT2D eigenvalue weighted by molar-refractivity contribution is 9.10. The lowest BCUT2D eigenvalue weighted by molar-refractivity contribution is -0.140. The minimum atomic E-state index is -4.18. The molecule has 2 aromatic carbocycles. The molecule has 2 aromatic heterocycles. The molecule has 0 spiro atoms. The number of anilines is 1. The van der Waals surface area contributed by atoms with E-state index in [0.29, 0.717) is 10.2 Å². The molecule has 0 fully saturated rings. The van der Waals surface area contributed by atoms with Crippen LogP contribution in [0.1, 0.15) is 32.8 Å². The monoisotopic (exact) mass is 747 g/mol. The second-order valence-corrected chi connectivity index (χ2v) is 14.3. The van der Waals surface area contributed by atoms with Crippen molar-refractivity contribution in [2.75, 3.05) is 37.9 Å². The van der Waals surface area contributed by atoms with E-state index in [0.717, 1.165) is 17.3 Å². The van der Waals surface area contributed by atoms with Gasteiger partial charge >= 0.3 is 12.0 Å². The maximum absolute atomic E-state index is 13.7. The first-order valence-electron chi connectivity index (χ1n) is 14.2. The highest BCUT2D eigenvalue weighted by Crippen LogP contribution is 2.41. The average Bonchev–Trinajstić information content (AvgIpc) is 3.05. The molecule has 0 radical (unpaired) electrons. The predicted molar refractivity (Wildman–Crippen MR) is 179 cm³/mol. The summed E-state index contributed by atoms with van der Waals surface area (Å²) in [5, 5.41) is 0.120. The normalized spacial score (nSPS) is 11.4. The van der Waals surface area contributed by atoms with Crippen LogP contribution in [0.5, 0.6) is 29.1 Å². The molecule has 0 saturated carbocycles. The summed E-state index contributed by atoms with van der Waals surface area (Å²) in [6.45, 7) is 6.08. The number of esters is 1. The van der Waals surface area contributed by atoms with Crippen molar-refractivity contribution in [1.29, 1.82) is 0 Å². The molecule has 16 heteroatoms. The predicted octanol–water partition coefficient (Wildman–Crippen LogP) is 6.04. The van der Waals surface area contributed by atoms with E-state index in [1.807, 2.05) is 20.8 Å². The van der Waals surface area contributed by atoms with Gasteiger partial charge in [-0.25, -0.2) is 23.4 Å². The van der Waals surface area contributed by atoms with Gasteiger partial charge in [0.2, 0.25) is 5.75 Å². The number of sulfonamides is 1.